The molecule has 1 aromatic heterocycles. The van der Waals surface area contributed by atoms with Crippen LogP contribution in [0.5, 0.6) is 0 Å². The maximum atomic E-state index is 12.3. The fourth-order valence-electron chi connectivity index (χ4n) is 2.10. The Bertz CT molecular complexity index is 736. The van der Waals surface area contributed by atoms with Gasteiger partial charge in [0, 0.05) is 37.1 Å². The van der Waals surface area contributed by atoms with E-state index in [0.29, 0.717) is 17.3 Å². The third-order valence-corrected chi connectivity index (χ3v) is 3.25. The number of pyridine rings is 1. The minimum Gasteiger partial charge on any atom is -0.481 e. The monoisotopic (exact) mass is 288 g/mol. The van der Waals surface area contributed by atoms with Crippen molar-refractivity contribution < 1.29 is 14.7 Å². The Morgan fingerprint density at radius 3 is 2.71 bits per heavy atom. The number of H-pyrrole nitrogens is 1. The average molecular weight is 288 g/mol. The Labute approximate surface area is 121 Å². The first-order valence-electron chi connectivity index (χ1n) is 6.58. The van der Waals surface area contributed by atoms with Gasteiger partial charge in [0.1, 0.15) is 5.56 Å². The molecular weight excluding hydrogens is 272 g/mol. The lowest BCUT2D eigenvalue weighted by Gasteiger charge is -2.16. The number of para-hydroxylation sites is 1. The zero-order valence-electron chi connectivity index (χ0n) is 11.6. The molecule has 0 aliphatic heterocycles. The number of carbonyl (C=O) groups excluding carboxylic acids is 1. The molecule has 2 rings (SSSR count). The Hall–Kier alpha value is -2.63. The van der Waals surface area contributed by atoms with E-state index in [1.807, 2.05) is 0 Å². The van der Waals surface area contributed by atoms with Gasteiger partial charge in [-0.3, -0.25) is 14.4 Å². The largest absolute Gasteiger partial charge is 0.481 e. The first-order chi connectivity index (χ1) is 10.0. The van der Waals surface area contributed by atoms with E-state index >= 15 is 0 Å². The molecule has 2 N–H and O–H groups in total. The second kappa shape index (κ2) is 6.21. The molecule has 0 radical (unpaired) electrons. The van der Waals surface area contributed by atoms with Gasteiger partial charge in [-0.15, -0.1) is 0 Å². The molecule has 0 aliphatic rings. The molecule has 6 nitrogen and oxygen atoms in total. The first kappa shape index (κ1) is 14.8. The number of fused-ring (bicyclic) bond motifs is 1. The highest BCUT2D eigenvalue weighted by Crippen LogP contribution is 2.08. The fraction of sp³-hybridized carbons (Fsp3) is 0.267. The summed E-state index contributed by atoms with van der Waals surface area (Å²) in [4.78, 5) is 39.3. The molecule has 2 aromatic rings. The average Bonchev–Trinajstić information content (AvgIpc) is 2.47. The molecule has 0 bridgehead atoms. The number of rotatable bonds is 5. The van der Waals surface area contributed by atoms with Crippen LogP contribution in [0.4, 0.5) is 0 Å². The van der Waals surface area contributed by atoms with Crippen molar-refractivity contribution in [3.8, 4) is 0 Å². The van der Waals surface area contributed by atoms with Crippen LogP contribution < -0.4 is 5.43 Å². The number of carboxylic acids is 1. The van der Waals surface area contributed by atoms with E-state index in [1.54, 1.807) is 31.3 Å². The minimum atomic E-state index is -0.903. The Morgan fingerprint density at radius 1 is 1.29 bits per heavy atom. The Kier molecular flexibility index (Phi) is 4.37. The molecule has 21 heavy (non-hydrogen) atoms. The predicted octanol–water partition coefficient (Wildman–Crippen LogP) is 1.46. The van der Waals surface area contributed by atoms with E-state index in [1.165, 1.54) is 11.1 Å². The maximum Gasteiger partial charge on any atom is 0.303 e. The fourth-order valence-corrected chi connectivity index (χ4v) is 2.10. The second-order valence-corrected chi connectivity index (χ2v) is 4.80. The van der Waals surface area contributed by atoms with Crippen molar-refractivity contribution in [3.63, 3.8) is 0 Å². The number of nitrogens with zero attached hydrogens (tertiary/aromatic N) is 1. The molecule has 0 spiro atoms. The Morgan fingerprint density at radius 2 is 2.00 bits per heavy atom. The standard InChI is InChI=1S/C15H16N2O4/c1-17(8-4-7-13(18)19)15(21)11-9-16-12-6-3-2-5-10(12)14(11)20/h2-3,5-6,9H,4,7-8H2,1H3,(H,16,20)(H,18,19). The molecule has 0 fully saturated rings. The van der Waals surface area contributed by atoms with Crippen LogP contribution in [-0.2, 0) is 4.79 Å². The molecule has 1 aromatic carbocycles. The summed E-state index contributed by atoms with van der Waals surface area (Å²) in [6.45, 7) is 0.289. The highest BCUT2D eigenvalue weighted by atomic mass is 16.4. The van der Waals surface area contributed by atoms with Gasteiger partial charge in [0.05, 0.1) is 0 Å². The van der Waals surface area contributed by atoms with Gasteiger partial charge >= 0.3 is 5.97 Å². The number of benzene rings is 1. The smallest absolute Gasteiger partial charge is 0.303 e. The van der Waals surface area contributed by atoms with E-state index in [0.717, 1.165) is 0 Å². The van der Waals surface area contributed by atoms with E-state index in [9.17, 15) is 14.4 Å². The minimum absolute atomic E-state index is 0.00824. The quantitative estimate of drug-likeness (QED) is 0.871. The number of nitrogens with one attached hydrogen (secondary N) is 1. The van der Waals surface area contributed by atoms with Crippen molar-refractivity contribution in [2.45, 2.75) is 12.8 Å². The molecule has 6 heteroatoms. The van der Waals surface area contributed by atoms with Crippen LogP contribution in [0.1, 0.15) is 23.2 Å². The van der Waals surface area contributed by atoms with Gasteiger partial charge in [-0.05, 0) is 18.6 Å². The molecule has 0 saturated carbocycles. The van der Waals surface area contributed by atoms with Crippen LogP contribution in [-0.4, -0.2) is 40.5 Å². The lowest BCUT2D eigenvalue weighted by atomic mass is 10.1. The Balaban J connectivity index is 2.21. The van der Waals surface area contributed by atoms with E-state index in [4.69, 9.17) is 5.11 Å². The van der Waals surface area contributed by atoms with E-state index in [2.05, 4.69) is 4.98 Å². The van der Waals surface area contributed by atoms with Crippen molar-refractivity contribution in [1.82, 2.24) is 9.88 Å². The van der Waals surface area contributed by atoms with Crippen molar-refractivity contribution in [2.75, 3.05) is 13.6 Å². The van der Waals surface area contributed by atoms with Gasteiger partial charge in [-0.1, -0.05) is 12.1 Å². The predicted molar refractivity (Wildman–Crippen MR) is 78.4 cm³/mol. The number of carbonyl (C=O) groups is 2. The second-order valence-electron chi connectivity index (χ2n) is 4.80. The number of hydrogen-bond donors (Lipinski definition) is 2. The van der Waals surface area contributed by atoms with Gasteiger partial charge in [0.15, 0.2) is 0 Å². The zero-order valence-corrected chi connectivity index (χ0v) is 11.6. The molecule has 0 saturated heterocycles. The van der Waals surface area contributed by atoms with Crippen LogP contribution in [0.3, 0.4) is 0 Å². The number of hydrogen-bond acceptors (Lipinski definition) is 3. The normalized spacial score (nSPS) is 10.5. The maximum absolute atomic E-state index is 12.3. The molecule has 1 heterocycles. The van der Waals surface area contributed by atoms with E-state index in [-0.39, 0.29) is 24.0 Å². The van der Waals surface area contributed by atoms with Crippen LogP contribution in [0.2, 0.25) is 0 Å². The van der Waals surface area contributed by atoms with Crippen molar-refractivity contribution in [1.29, 1.82) is 0 Å². The molecule has 1 amide bonds. The van der Waals surface area contributed by atoms with E-state index < -0.39 is 11.9 Å². The summed E-state index contributed by atoms with van der Waals surface area (Å²) in [5, 5.41) is 9.05. The highest BCUT2D eigenvalue weighted by Gasteiger charge is 2.16. The summed E-state index contributed by atoms with van der Waals surface area (Å²) in [6, 6.07) is 6.97. The number of aromatic nitrogens is 1. The number of aliphatic carboxylic acids is 1. The molecule has 0 aliphatic carbocycles. The number of aromatic amines is 1. The summed E-state index contributed by atoms with van der Waals surface area (Å²) in [5.41, 5.74) is 0.415. The lowest BCUT2D eigenvalue weighted by molar-refractivity contribution is -0.137. The van der Waals surface area contributed by atoms with Crippen LogP contribution in [0, 0.1) is 0 Å². The van der Waals surface area contributed by atoms with Crippen LogP contribution in [0.15, 0.2) is 35.3 Å². The summed E-state index contributed by atoms with van der Waals surface area (Å²) < 4.78 is 0. The van der Waals surface area contributed by atoms with Gasteiger partial charge in [0.2, 0.25) is 5.43 Å². The lowest BCUT2D eigenvalue weighted by Crippen LogP contribution is -2.32. The summed E-state index contributed by atoms with van der Waals surface area (Å²) in [7, 11) is 1.55. The summed E-state index contributed by atoms with van der Waals surface area (Å²) in [6.07, 6.45) is 1.75. The van der Waals surface area contributed by atoms with Crippen molar-refractivity contribution in [2.24, 2.45) is 0 Å². The topological polar surface area (TPSA) is 90.5 Å². The summed E-state index contributed by atoms with van der Waals surface area (Å²) in [5.74, 6) is -1.31. The SMILES string of the molecule is CN(CCCC(=O)O)C(=O)c1c[nH]c2ccccc2c1=O. The molecule has 0 unspecified atom stereocenters. The number of amides is 1. The van der Waals surface area contributed by atoms with Gasteiger partial charge in [-0.25, -0.2) is 0 Å². The van der Waals surface area contributed by atoms with Gasteiger partial charge in [0.25, 0.3) is 5.91 Å². The van der Waals surface area contributed by atoms with Crippen LogP contribution >= 0.6 is 0 Å². The molecular formula is C15H16N2O4. The first-order valence-corrected chi connectivity index (χ1v) is 6.58. The van der Waals surface area contributed by atoms with Crippen LogP contribution in [0.25, 0.3) is 10.9 Å². The summed E-state index contributed by atoms with van der Waals surface area (Å²) >= 11 is 0. The molecule has 0 atom stereocenters. The zero-order chi connectivity index (χ0) is 15.4. The number of carboxylic acid groups (broad SMARTS) is 1. The third-order valence-electron chi connectivity index (χ3n) is 3.25. The van der Waals surface area contributed by atoms with Gasteiger partial charge < -0.3 is 15.0 Å². The highest BCUT2D eigenvalue weighted by molar-refractivity contribution is 5.96. The van der Waals surface area contributed by atoms with Crippen molar-refractivity contribution >= 4 is 22.8 Å². The molecule has 110 valence electrons. The van der Waals surface area contributed by atoms with Gasteiger partial charge in [-0.2, -0.15) is 0 Å². The third kappa shape index (κ3) is 3.28. The van der Waals surface area contributed by atoms with Crippen molar-refractivity contribution in [3.05, 3.63) is 46.2 Å².